The molecule has 0 unspecified atom stereocenters. The van der Waals surface area contributed by atoms with Crippen LogP contribution in [0.15, 0.2) is 36.4 Å². The molecular weight excluding hydrogens is 212 g/mol. The van der Waals surface area contributed by atoms with Crippen LogP contribution in [0.4, 0.5) is 0 Å². The monoisotopic (exact) mass is 222 g/mol. The highest BCUT2D eigenvalue weighted by Gasteiger charge is 2.21. The van der Waals surface area contributed by atoms with Crippen molar-refractivity contribution in [1.82, 2.24) is 0 Å². The second-order valence-corrected chi connectivity index (χ2v) is 4.57. The summed E-state index contributed by atoms with van der Waals surface area (Å²) in [5, 5.41) is 23.5. The summed E-state index contributed by atoms with van der Waals surface area (Å²) < 4.78 is 0. The van der Waals surface area contributed by atoms with E-state index in [4.69, 9.17) is 0 Å². The van der Waals surface area contributed by atoms with E-state index in [1.807, 2.05) is 18.2 Å². The second kappa shape index (κ2) is 2.72. The Morgan fingerprint density at radius 2 is 1.41 bits per heavy atom. The van der Waals surface area contributed by atoms with Crippen molar-refractivity contribution in [3.05, 3.63) is 47.5 Å². The fourth-order valence-corrected chi connectivity index (χ4v) is 2.63. The minimum absolute atomic E-state index is 0.213. The van der Waals surface area contributed by atoms with Crippen LogP contribution in [0, 0.1) is 0 Å². The van der Waals surface area contributed by atoms with Crippen molar-refractivity contribution in [3.63, 3.8) is 0 Å². The number of aromatic hydroxyl groups is 2. The lowest BCUT2D eigenvalue weighted by Gasteiger charge is -2.07. The fraction of sp³-hybridized carbons (Fsp3) is 0.0667. The number of phenolic OH excluding ortho intramolecular Hbond substituents is 2. The molecule has 0 bridgehead atoms. The summed E-state index contributed by atoms with van der Waals surface area (Å²) in [6.07, 6.45) is 1.05. The topological polar surface area (TPSA) is 40.5 Å². The van der Waals surface area contributed by atoms with Crippen molar-refractivity contribution in [2.45, 2.75) is 6.42 Å². The van der Waals surface area contributed by atoms with Crippen molar-refractivity contribution in [1.29, 1.82) is 0 Å². The Bertz CT molecular complexity index is 788. The van der Waals surface area contributed by atoms with Crippen molar-refractivity contribution in [2.75, 3.05) is 0 Å². The summed E-state index contributed by atoms with van der Waals surface area (Å²) >= 11 is 0. The summed E-state index contributed by atoms with van der Waals surface area (Å²) in [7, 11) is 0. The molecule has 3 aromatic rings. The average molecular weight is 222 g/mol. The van der Waals surface area contributed by atoms with Gasteiger partial charge in [-0.15, -0.1) is 0 Å². The molecule has 0 amide bonds. The van der Waals surface area contributed by atoms with E-state index in [-0.39, 0.29) is 11.5 Å². The predicted octanol–water partition coefficient (Wildman–Crippen LogP) is 3.31. The lowest BCUT2D eigenvalue weighted by molar-refractivity contribution is 0.470. The van der Waals surface area contributed by atoms with Gasteiger partial charge in [-0.3, -0.25) is 0 Å². The zero-order valence-electron chi connectivity index (χ0n) is 9.07. The number of hydrogen-bond acceptors (Lipinski definition) is 2. The van der Waals surface area contributed by atoms with Gasteiger partial charge >= 0.3 is 0 Å². The molecule has 4 rings (SSSR count). The van der Waals surface area contributed by atoms with Gasteiger partial charge in [-0.2, -0.15) is 0 Å². The first kappa shape index (κ1) is 8.88. The Labute approximate surface area is 97.7 Å². The largest absolute Gasteiger partial charge is 0.507 e. The quantitative estimate of drug-likeness (QED) is 0.354. The van der Waals surface area contributed by atoms with Crippen molar-refractivity contribution < 1.29 is 10.2 Å². The molecule has 3 aromatic carbocycles. The van der Waals surface area contributed by atoms with Crippen molar-refractivity contribution in [2.24, 2.45) is 0 Å². The van der Waals surface area contributed by atoms with Crippen LogP contribution in [0.3, 0.4) is 0 Å². The number of rotatable bonds is 0. The lowest BCUT2D eigenvalue weighted by atomic mass is 10.0. The molecule has 1 aliphatic rings. The number of benzene rings is 3. The molecular formula is C15H10O2. The molecule has 0 saturated carbocycles. The van der Waals surface area contributed by atoms with Crippen LogP contribution in [0.2, 0.25) is 0 Å². The van der Waals surface area contributed by atoms with E-state index in [0.717, 1.165) is 17.2 Å². The Morgan fingerprint density at radius 3 is 2.29 bits per heavy atom. The molecule has 0 saturated heterocycles. The third-order valence-electron chi connectivity index (χ3n) is 3.58. The Morgan fingerprint density at radius 1 is 0.706 bits per heavy atom. The molecule has 2 N–H and O–H groups in total. The highest BCUT2D eigenvalue weighted by Crippen LogP contribution is 2.42. The first-order chi connectivity index (χ1) is 8.25. The zero-order valence-corrected chi connectivity index (χ0v) is 9.07. The number of hydrogen-bond donors (Lipinski definition) is 2. The van der Waals surface area contributed by atoms with E-state index in [0.29, 0.717) is 5.39 Å². The zero-order chi connectivity index (χ0) is 11.6. The Kier molecular flexibility index (Phi) is 1.42. The smallest absolute Gasteiger partial charge is 0.124 e. The van der Waals surface area contributed by atoms with E-state index < -0.39 is 0 Å². The van der Waals surface area contributed by atoms with Crippen LogP contribution in [-0.4, -0.2) is 10.2 Å². The molecule has 17 heavy (non-hydrogen) atoms. The maximum absolute atomic E-state index is 9.99. The molecule has 0 radical (unpaired) electrons. The van der Waals surface area contributed by atoms with E-state index >= 15 is 0 Å². The van der Waals surface area contributed by atoms with Crippen LogP contribution in [0.1, 0.15) is 11.1 Å². The van der Waals surface area contributed by atoms with Crippen LogP contribution < -0.4 is 0 Å². The third-order valence-corrected chi connectivity index (χ3v) is 3.58. The van der Waals surface area contributed by atoms with Crippen LogP contribution >= 0.6 is 0 Å². The van der Waals surface area contributed by atoms with Gasteiger partial charge in [-0.25, -0.2) is 0 Å². The molecule has 2 nitrogen and oxygen atoms in total. The van der Waals surface area contributed by atoms with Gasteiger partial charge in [0.1, 0.15) is 11.5 Å². The second-order valence-electron chi connectivity index (χ2n) is 4.57. The summed E-state index contributed by atoms with van der Waals surface area (Å²) in [5.74, 6) is 0.438. The van der Waals surface area contributed by atoms with Gasteiger partial charge in [-0.1, -0.05) is 18.2 Å². The Balaban J connectivity index is 2.32. The van der Waals surface area contributed by atoms with Gasteiger partial charge in [-0.05, 0) is 46.5 Å². The molecule has 0 aromatic heterocycles. The predicted molar refractivity (Wildman–Crippen MR) is 67.6 cm³/mol. The van der Waals surface area contributed by atoms with Gasteiger partial charge in [0.15, 0.2) is 0 Å². The molecule has 0 atom stereocenters. The molecule has 1 aliphatic carbocycles. The van der Waals surface area contributed by atoms with E-state index in [2.05, 4.69) is 6.07 Å². The number of phenols is 2. The molecule has 0 fully saturated rings. The maximum atomic E-state index is 9.99. The fourth-order valence-electron chi connectivity index (χ4n) is 2.63. The Hall–Kier alpha value is -2.22. The summed E-state index contributed by atoms with van der Waals surface area (Å²) in [6.45, 7) is 0. The number of fused-ring (bicyclic) bond motifs is 5. The molecule has 0 spiro atoms. The molecule has 0 heterocycles. The SMILES string of the molecule is Oc1ccc(O)c2c1ccc1c3c(ccc12)C3. The lowest BCUT2D eigenvalue weighted by Crippen LogP contribution is -1.79. The normalized spacial score (nSPS) is 12.9. The average Bonchev–Trinajstić information content (AvgIpc) is 3.12. The molecule has 2 heteroatoms. The third kappa shape index (κ3) is 1.04. The first-order valence-electron chi connectivity index (χ1n) is 5.64. The summed E-state index contributed by atoms with van der Waals surface area (Å²) in [6, 6.07) is 11.1. The maximum Gasteiger partial charge on any atom is 0.124 e. The highest BCUT2D eigenvalue weighted by molar-refractivity contribution is 6.14. The van der Waals surface area contributed by atoms with E-state index in [9.17, 15) is 10.2 Å². The summed E-state index contributed by atoms with van der Waals surface area (Å²) in [4.78, 5) is 0. The van der Waals surface area contributed by atoms with Gasteiger partial charge in [0.05, 0.1) is 0 Å². The summed E-state index contributed by atoms with van der Waals surface area (Å²) in [5.41, 5.74) is 2.75. The highest BCUT2D eigenvalue weighted by atomic mass is 16.3. The molecule has 82 valence electrons. The van der Waals surface area contributed by atoms with Gasteiger partial charge in [0.2, 0.25) is 0 Å². The van der Waals surface area contributed by atoms with Crippen molar-refractivity contribution >= 4 is 21.5 Å². The van der Waals surface area contributed by atoms with Crippen LogP contribution in [0.5, 0.6) is 11.5 Å². The van der Waals surface area contributed by atoms with E-state index in [1.54, 1.807) is 6.07 Å². The standard InChI is InChI=1S/C15H10O2/c16-13-5-6-14(17)15-10-2-1-8-7-12(8)9(10)3-4-11(13)15/h1-6,16-17H,7H2. The van der Waals surface area contributed by atoms with Gasteiger partial charge < -0.3 is 10.2 Å². The minimum atomic E-state index is 0.213. The van der Waals surface area contributed by atoms with Gasteiger partial charge in [0.25, 0.3) is 0 Å². The van der Waals surface area contributed by atoms with Crippen LogP contribution in [0.25, 0.3) is 21.5 Å². The first-order valence-corrected chi connectivity index (χ1v) is 5.64. The van der Waals surface area contributed by atoms with Crippen LogP contribution in [-0.2, 0) is 6.42 Å². The van der Waals surface area contributed by atoms with Gasteiger partial charge in [0, 0.05) is 10.8 Å². The molecule has 0 aliphatic heterocycles. The van der Waals surface area contributed by atoms with E-state index in [1.165, 1.54) is 22.6 Å². The minimum Gasteiger partial charge on any atom is -0.507 e. The van der Waals surface area contributed by atoms with Crippen molar-refractivity contribution in [3.8, 4) is 11.5 Å².